The largest absolute Gasteiger partial charge is 0.394 e. The number of hydrogen-bond acceptors (Lipinski definition) is 11. The van der Waals surface area contributed by atoms with Crippen LogP contribution in [0.1, 0.15) is 33.4 Å². The maximum absolute atomic E-state index is 13.3. The normalized spacial score (nSPS) is 26.8. The standard InChI is InChI=1S/C25H39N9O8S2/c1-11(2)19-25(42)32-16(7-35)23(40)33-17(20(26)37)8-43-44-9-18(30-13(4)36)24(41)31-15(5-14-6-27-10-28-14)22(39)29-12(3)21(38)34-19/h6,10-12,15-19,35H,5,7-9H2,1-4H3,(H2,26,37)(H,27,28)(H,29,39)(H,30,36)(H,31,41)(H,32,42)(H,33,40)(H,34,38)/t12-,15-,16-,17-,18-,19-/m0/s1. The molecule has 0 aliphatic carbocycles. The quantitative estimate of drug-likeness (QED) is 0.135. The van der Waals surface area contributed by atoms with Gasteiger partial charge in [0.2, 0.25) is 41.4 Å². The van der Waals surface area contributed by atoms with E-state index >= 15 is 0 Å². The lowest BCUT2D eigenvalue weighted by molar-refractivity contribution is -0.136. The summed E-state index contributed by atoms with van der Waals surface area (Å²) in [5.74, 6) is -5.77. The first kappa shape index (κ1) is 36.4. The summed E-state index contributed by atoms with van der Waals surface area (Å²) < 4.78 is 0. The molecule has 17 nitrogen and oxygen atoms in total. The van der Waals surface area contributed by atoms with Crippen molar-refractivity contribution in [3.63, 3.8) is 0 Å². The van der Waals surface area contributed by atoms with Crippen molar-refractivity contribution < 1.29 is 38.7 Å². The summed E-state index contributed by atoms with van der Waals surface area (Å²) in [6.45, 7) is 5.06. The van der Waals surface area contributed by atoms with Crippen LogP contribution in [0.2, 0.25) is 0 Å². The van der Waals surface area contributed by atoms with Crippen LogP contribution in [-0.4, -0.2) is 111 Å². The van der Waals surface area contributed by atoms with E-state index in [1.54, 1.807) is 13.8 Å². The van der Waals surface area contributed by atoms with E-state index in [-0.39, 0.29) is 17.9 Å². The van der Waals surface area contributed by atoms with Crippen LogP contribution in [0, 0.1) is 5.92 Å². The number of nitrogens with one attached hydrogen (secondary N) is 7. The highest BCUT2D eigenvalue weighted by molar-refractivity contribution is 8.76. The van der Waals surface area contributed by atoms with E-state index in [0.717, 1.165) is 21.6 Å². The van der Waals surface area contributed by atoms with Gasteiger partial charge in [0.05, 0.1) is 12.9 Å². The first-order valence-electron chi connectivity index (χ1n) is 13.6. The van der Waals surface area contributed by atoms with Crippen LogP contribution in [0.5, 0.6) is 0 Å². The Morgan fingerprint density at radius 1 is 0.955 bits per heavy atom. The van der Waals surface area contributed by atoms with E-state index in [1.807, 2.05) is 0 Å². The number of H-pyrrole nitrogens is 1. The predicted octanol–water partition coefficient (Wildman–Crippen LogP) is -3.57. The van der Waals surface area contributed by atoms with Gasteiger partial charge in [-0.25, -0.2) is 4.98 Å². The third kappa shape index (κ3) is 11.3. The van der Waals surface area contributed by atoms with Crippen molar-refractivity contribution >= 4 is 62.9 Å². The Labute approximate surface area is 261 Å². The average Bonchev–Trinajstić information content (AvgIpc) is 3.46. The molecule has 1 saturated heterocycles. The van der Waals surface area contributed by atoms with Gasteiger partial charge in [-0.05, 0) is 12.8 Å². The van der Waals surface area contributed by atoms with Gasteiger partial charge in [0.15, 0.2) is 0 Å². The van der Waals surface area contributed by atoms with Crippen molar-refractivity contribution in [2.75, 3.05) is 18.1 Å². The van der Waals surface area contributed by atoms with Crippen molar-refractivity contribution in [2.45, 2.75) is 70.4 Å². The van der Waals surface area contributed by atoms with Gasteiger partial charge in [-0.3, -0.25) is 33.6 Å². The molecule has 19 heteroatoms. The Balaban J connectivity index is 2.41. The van der Waals surface area contributed by atoms with Crippen LogP contribution in [0.3, 0.4) is 0 Å². The second-order valence-electron chi connectivity index (χ2n) is 10.3. The summed E-state index contributed by atoms with van der Waals surface area (Å²) in [6, 6.07) is -7.33. The lowest BCUT2D eigenvalue weighted by Crippen LogP contribution is -2.61. The molecule has 0 unspecified atom stereocenters. The lowest BCUT2D eigenvalue weighted by Gasteiger charge is -2.27. The number of aliphatic hydroxyl groups is 1. The van der Waals surface area contributed by atoms with E-state index in [4.69, 9.17) is 5.73 Å². The second kappa shape index (κ2) is 17.5. The van der Waals surface area contributed by atoms with Gasteiger partial charge in [-0.1, -0.05) is 35.4 Å². The van der Waals surface area contributed by atoms with Gasteiger partial charge >= 0.3 is 0 Å². The molecule has 2 heterocycles. The summed E-state index contributed by atoms with van der Waals surface area (Å²) in [6.07, 6.45) is 2.83. The van der Waals surface area contributed by atoms with E-state index in [1.165, 1.54) is 26.4 Å². The molecule has 0 aromatic carbocycles. The molecule has 0 bridgehead atoms. The summed E-state index contributed by atoms with van der Waals surface area (Å²) >= 11 is 0. The zero-order valence-corrected chi connectivity index (χ0v) is 26.3. The molecule has 1 fully saturated rings. The van der Waals surface area contributed by atoms with Crippen LogP contribution >= 0.6 is 21.6 Å². The van der Waals surface area contributed by atoms with Crippen LogP contribution in [-0.2, 0) is 40.0 Å². The number of hydrogen-bond donors (Lipinski definition) is 9. The van der Waals surface area contributed by atoms with Crippen LogP contribution in [0.25, 0.3) is 0 Å². The molecule has 2 rings (SSSR count). The minimum absolute atomic E-state index is 0.00136. The molecule has 1 aliphatic heterocycles. The van der Waals surface area contributed by atoms with Gasteiger partial charge in [-0.2, -0.15) is 0 Å². The number of primary amides is 1. The number of carbonyl (C=O) groups is 7. The Hall–Kier alpha value is -3.84. The number of nitrogens with zero attached hydrogens (tertiary/aromatic N) is 1. The van der Waals surface area contributed by atoms with Gasteiger partial charge in [0.25, 0.3) is 0 Å². The van der Waals surface area contributed by atoms with Crippen molar-refractivity contribution in [3.05, 3.63) is 18.2 Å². The first-order chi connectivity index (χ1) is 20.7. The number of imidazole rings is 1. The predicted molar refractivity (Wildman–Crippen MR) is 161 cm³/mol. The first-order valence-corrected chi connectivity index (χ1v) is 16.1. The number of aromatic amines is 1. The number of aliphatic hydroxyl groups excluding tert-OH is 1. The zero-order chi connectivity index (χ0) is 33.0. The minimum atomic E-state index is -1.47. The summed E-state index contributed by atoms with van der Waals surface area (Å²) in [7, 11) is 2.16. The van der Waals surface area contributed by atoms with E-state index in [2.05, 4.69) is 41.9 Å². The molecule has 1 aliphatic rings. The fourth-order valence-corrected chi connectivity index (χ4v) is 6.21. The third-order valence-electron chi connectivity index (χ3n) is 6.33. The molecular weight excluding hydrogens is 618 g/mol. The highest BCUT2D eigenvalue weighted by atomic mass is 33.1. The number of nitrogens with two attached hydrogens (primary N) is 1. The Morgan fingerprint density at radius 2 is 1.59 bits per heavy atom. The Kier molecular flexibility index (Phi) is 14.4. The van der Waals surface area contributed by atoms with Crippen molar-refractivity contribution in [1.29, 1.82) is 0 Å². The van der Waals surface area contributed by atoms with Crippen LogP contribution in [0.15, 0.2) is 12.5 Å². The molecule has 6 atom stereocenters. The molecule has 1 aromatic rings. The maximum Gasteiger partial charge on any atom is 0.245 e. The number of rotatable bonds is 6. The topological polar surface area (TPSA) is 267 Å². The summed E-state index contributed by atoms with van der Waals surface area (Å²) in [5.41, 5.74) is 5.95. The van der Waals surface area contributed by atoms with Crippen LogP contribution < -0.4 is 37.6 Å². The third-order valence-corrected chi connectivity index (χ3v) is 8.76. The Bertz CT molecular complexity index is 1200. The minimum Gasteiger partial charge on any atom is -0.394 e. The second-order valence-corrected chi connectivity index (χ2v) is 12.9. The zero-order valence-electron chi connectivity index (χ0n) is 24.7. The van der Waals surface area contributed by atoms with Crippen molar-refractivity contribution in [2.24, 2.45) is 11.7 Å². The molecule has 1 aromatic heterocycles. The molecule has 0 radical (unpaired) electrons. The van der Waals surface area contributed by atoms with Crippen molar-refractivity contribution in [3.8, 4) is 0 Å². The maximum atomic E-state index is 13.3. The van der Waals surface area contributed by atoms with Crippen molar-refractivity contribution in [1.82, 2.24) is 41.9 Å². The summed E-state index contributed by atoms with van der Waals surface area (Å²) in [5, 5.41) is 24.7. The molecule has 0 spiro atoms. The summed E-state index contributed by atoms with van der Waals surface area (Å²) in [4.78, 5) is 96.2. The molecule has 7 amide bonds. The van der Waals surface area contributed by atoms with Crippen LogP contribution in [0.4, 0.5) is 0 Å². The SMILES string of the molecule is CC(=O)N[C@H]1CSSC[C@@H](C(N)=O)NC(=O)[C@H](CO)NC(=O)[C@H](C(C)C)NC(=O)[C@H](C)NC(=O)[C@H](Cc2cnc[nH]2)NC1=O. The monoisotopic (exact) mass is 657 g/mol. The number of amides is 7. The number of aromatic nitrogens is 2. The molecule has 10 N–H and O–H groups in total. The molecule has 0 saturated carbocycles. The average molecular weight is 658 g/mol. The highest BCUT2D eigenvalue weighted by Gasteiger charge is 2.33. The van der Waals surface area contributed by atoms with E-state index in [0.29, 0.717) is 5.69 Å². The van der Waals surface area contributed by atoms with Gasteiger partial charge in [-0.15, -0.1) is 0 Å². The fourth-order valence-electron chi connectivity index (χ4n) is 3.87. The highest BCUT2D eigenvalue weighted by Crippen LogP contribution is 2.23. The fraction of sp³-hybridized carbons (Fsp3) is 0.600. The molecular formula is C25H39N9O8S2. The van der Waals surface area contributed by atoms with Gasteiger partial charge < -0.3 is 47.7 Å². The lowest BCUT2D eigenvalue weighted by atomic mass is 10.0. The number of carbonyl (C=O) groups excluding carboxylic acids is 7. The van der Waals surface area contributed by atoms with Gasteiger partial charge in [0.1, 0.15) is 36.3 Å². The molecule has 244 valence electrons. The Morgan fingerprint density at radius 3 is 2.16 bits per heavy atom. The molecule has 44 heavy (non-hydrogen) atoms. The smallest absolute Gasteiger partial charge is 0.245 e. The van der Waals surface area contributed by atoms with E-state index in [9.17, 15) is 38.7 Å². The van der Waals surface area contributed by atoms with E-state index < -0.39 is 90.1 Å². The van der Waals surface area contributed by atoms with Gasteiger partial charge in [0, 0.05) is 36.7 Å².